The van der Waals surface area contributed by atoms with Crippen molar-refractivity contribution in [2.24, 2.45) is 5.92 Å². The molecule has 0 amide bonds. The third kappa shape index (κ3) is 5.17. The maximum absolute atomic E-state index is 11.4. The quantitative estimate of drug-likeness (QED) is 0.564. The predicted molar refractivity (Wildman–Crippen MR) is 58.4 cm³/mol. The molecule has 88 valence electrons. The number of unbranched alkanes of at least 4 members (excludes halogenated alkanes) is 1. The maximum Gasteiger partial charge on any atom is 0.306 e. The van der Waals surface area contributed by atoms with Gasteiger partial charge >= 0.3 is 5.97 Å². The zero-order valence-corrected chi connectivity index (χ0v) is 9.58. The molecule has 1 saturated carbocycles. The Morgan fingerprint density at radius 3 is 2.93 bits per heavy atom. The smallest absolute Gasteiger partial charge is 0.306 e. The van der Waals surface area contributed by atoms with Crippen LogP contribution in [-0.4, -0.2) is 23.8 Å². The van der Waals surface area contributed by atoms with Crippen LogP contribution in [0.1, 0.15) is 51.9 Å². The minimum atomic E-state index is -0.202. The van der Waals surface area contributed by atoms with Crippen molar-refractivity contribution in [3.05, 3.63) is 0 Å². The number of rotatable bonds is 5. The first-order valence-corrected chi connectivity index (χ1v) is 6.06. The van der Waals surface area contributed by atoms with E-state index in [1.807, 2.05) is 0 Å². The second-order valence-corrected chi connectivity index (χ2v) is 4.46. The van der Waals surface area contributed by atoms with E-state index in [9.17, 15) is 9.90 Å². The van der Waals surface area contributed by atoms with E-state index in [1.165, 1.54) is 0 Å². The molecule has 0 radical (unpaired) electrons. The normalized spacial score (nSPS) is 26.3. The van der Waals surface area contributed by atoms with E-state index in [4.69, 9.17) is 4.74 Å². The summed E-state index contributed by atoms with van der Waals surface area (Å²) < 4.78 is 5.10. The van der Waals surface area contributed by atoms with Crippen LogP contribution in [0.3, 0.4) is 0 Å². The summed E-state index contributed by atoms with van der Waals surface area (Å²) in [6, 6.07) is 0. The minimum Gasteiger partial charge on any atom is -0.466 e. The van der Waals surface area contributed by atoms with Crippen molar-refractivity contribution in [1.82, 2.24) is 0 Å². The van der Waals surface area contributed by atoms with Crippen LogP contribution >= 0.6 is 0 Å². The van der Waals surface area contributed by atoms with Crippen molar-refractivity contribution in [3.63, 3.8) is 0 Å². The van der Waals surface area contributed by atoms with Crippen LogP contribution in [0.2, 0.25) is 0 Å². The molecule has 0 aromatic rings. The Labute approximate surface area is 91.8 Å². The van der Waals surface area contributed by atoms with Crippen LogP contribution < -0.4 is 0 Å². The predicted octanol–water partition coefficient (Wildman–Crippen LogP) is 2.27. The van der Waals surface area contributed by atoms with Crippen LogP contribution in [0.4, 0.5) is 0 Å². The molecule has 3 heteroatoms. The lowest BCUT2D eigenvalue weighted by atomic mass is 9.85. The van der Waals surface area contributed by atoms with Gasteiger partial charge in [0.15, 0.2) is 0 Å². The van der Waals surface area contributed by atoms with Crippen molar-refractivity contribution in [1.29, 1.82) is 0 Å². The van der Waals surface area contributed by atoms with Crippen LogP contribution in [-0.2, 0) is 9.53 Å². The van der Waals surface area contributed by atoms with Crippen LogP contribution in [0.5, 0.6) is 0 Å². The zero-order valence-electron chi connectivity index (χ0n) is 9.58. The second kappa shape index (κ2) is 6.83. The summed E-state index contributed by atoms with van der Waals surface area (Å²) in [7, 11) is 0. The molecule has 1 fully saturated rings. The molecule has 0 saturated heterocycles. The number of ether oxygens (including phenoxy) is 1. The minimum absolute atomic E-state index is 0.0949. The number of carbonyl (C=O) groups is 1. The lowest BCUT2D eigenvalue weighted by Crippen LogP contribution is -2.22. The number of aliphatic hydroxyl groups excluding tert-OH is 1. The summed E-state index contributed by atoms with van der Waals surface area (Å²) in [5.41, 5.74) is 0. The molecule has 0 unspecified atom stereocenters. The van der Waals surface area contributed by atoms with Gasteiger partial charge in [0.25, 0.3) is 0 Å². The van der Waals surface area contributed by atoms with Crippen molar-refractivity contribution in [2.75, 3.05) is 6.61 Å². The molecule has 3 nitrogen and oxygen atoms in total. The van der Waals surface area contributed by atoms with Gasteiger partial charge < -0.3 is 9.84 Å². The highest BCUT2D eigenvalue weighted by atomic mass is 16.5. The van der Waals surface area contributed by atoms with Gasteiger partial charge in [-0.2, -0.15) is 0 Å². The Morgan fingerprint density at radius 1 is 1.47 bits per heavy atom. The first kappa shape index (κ1) is 12.5. The van der Waals surface area contributed by atoms with Crippen LogP contribution in [0.15, 0.2) is 0 Å². The number of aliphatic hydroxyl groups is 1. The van der Waals surface area contributed by atoms with Gasteiger partial charge in [0.05, 0.1) is 12.7 Å². The number of hydrogen-bond donors (Lipinski definition) is 1. The topological polar surface area (TPSA) is 46.5 Å². The Kier molecular flexibility index (Phi) is 5.69. The largest absolute Gasteiger partial charge is 0.466 e. The van der Waals surface area contributed by atoms with Gasteiger partial charge in [-0.05, 0) is 31.6 Å². The fourth-order valence-electron chi connectivity index (χ4n) is 2.07. The molecule has 0 spiro atoms. The third-order valence-electron chi connectivity index (χ3n) is 2.97. The average Bonchev–Trinajstić information content (AvgIpc) is 2.18. The molecule has 0 heterocycles. The van der Waals surface area contributed by atoms with E-state index < -0.39 is 0 Å². The SMILES string of the molecule is CCCCOC(=O)C[C@H]1CCC[C@@H](O)C1. The Balaban J connectivity index is 2.13. The van der Waals surface area contributed by atoms with Crippen molar-refractivity contribution in [3.8, 4) is 0 Å². The summed E-state index contributed by atoms with van der Waals surface area (Å²) in [5, 5.41) is 9.45. The van der Waals surface area contributed by atoms with Gasteiger partial charge in [0.1, 0.15) is 0 Å². The van der Waals surface area contributed by atoms with Crippen molar-refractivity contribution < 1.29 is 14.6 Å². The fourth-order valence-corrected chi connectivity index (χ4v) is 2.07. The summed E-state index contributed by atoms with van der Waals surface area (Å²) in [6.45, 7) is 2.62. The monoisotopic (exact) mass is 214 g/mol. The maximum atomic E-state index is 11.4. The first-order chi connectivity index (χ1) is 7.22. The van der Waals surface area contributed by atoms with Crippen LogP contribution in [0.25, 0.3) is 0 Å². The highest BCUT2D eigenvalue weighted by Gasteiger charge is 2.22. The molecule has 1 aliphatic carbocycles. The molecule has 0 aliphatic heterocycles. The average molecular weight is 214 g/mol. The van der Waals surface area contributed by atoms with Gasteiger partial charge in [-0.25, -0.2) is 0 Å². The zero-order chi connectivity index (χ0) is 11.1. The Bertz CT molecular complexity index is 191. The standard InChI is InChI=1S/C12H22O3/c1-2-3-7-15-12(14)9-10-5-4-6-11(13)8-10/h10-11,13H,2-9H2,1H3/t10-,11+/m0/s1. The van der Waals surface area contributed by atoms with Crippen molar-refractivity contribution in [2.45, 2.75) is 58.0 Å². The number of esters is 1. The molecule has 0 aromatic heterocycles. The lowest BCUT2D eigenvalue weighted by molar-refractivity contribution is -0.145. The van der Waals surface area contributed by atoms with Gasteiger partial charge in [0.2, 0.25) is 0 Å². The molecule has 2 atom stereocenters. The Morgan fingerprint density at radius 2 is 2.27 bits per heavy atom. The van der Waals surface area contributed by atoms with Gasteiger partial charge in [-0.1, -0.05) is 19.8 Å². The van der Waals surface area contributed by atoms with E-state index in [2.05, 4.69) is 6.92 Å². The first-order valence-electron chi connectivity index (χ1n) is 6.06. The fraction of sp³-hybridized carbons (Fsp3) is 0.917. The van der Waals surface area contributed by atoms with E-state index >= 15 is 0 Å². The Hall–Kier alpha value is -0.570. The molecule has 0 aromatic carbocycles. The molecular weight excluding hydrogens is 192 g/mol. The van der Waals surface area contributed by atoms with E-state index in [1.54, 1.807) is 0 Å². The van der Waals surface area contributed by atoms with Gasteiger partial charge in [-0.15, -0.1) is 0 Å². The number of carbonyl (C=O) groups excluding carboxylic acids is 1. The summed E-state index contributed by atoms with van der Waals surface area (Å²) in [6.07, 6.45) is 6.03. The van der Waals surface area contributed by atoms with E-state index in [0.717, 1.165) is 38.5 Å². The van der Waals surface area contributed by atoms with Gasteiger partial charge in [-0.3, -0.25) is 4.79 Å². The molecule has 0 bridgehead atoms. The second-order valence-electron chi connectivity index (χ2n) is 4.46. The number of hydrogen-bond acceptors (Lipinski definition) is 3. The summed E-state index contributed by atoms with van der Waals surface area (Å²) in [4.78, 5) is 11.4. The molecule has 1 rings (SSSR count). The summed E-state index contributed by atoms with van der Waals surface area (Å²) in [5.74, 6) is 0.241. The molecule has 1 N–H and O–H groups in total. The van der Waals surface area contributed by atoms with E-state index in [0.29, 0.717) is 18.9 Å². The lowest BCUT2D eigenvalue weighted by Gasteiger charge is -2.24. The molecule has 15 heavy (non-hydrogen) atoms. The third-order valence-corrected chi connectivity index (χ3v) is 2.97. The van der Waals surface area contributed by atoms with Gasteiger partial charge in [0, 0.05) is 6.42 Å². The highest BCUT2D eigenvalue weighted by molar-refractivity contribution is 5.69. The molecule has 1 aliphatic rings. The van der Waals surface area contributed by atoms with Crippen molar-refractivity contribution >= 4 is 5.97 Å². The van der Waals surface area contributed by atoms with E-state index in [-0.39, 0.29) is 12.1 Å². The highest BCUT2D eigenvalue weighted by Crippen LogP contribution is 2.26. The van der Waals surface area contributed by atoms with Crippen LogP contribution in [0, 0.1) is 5.92 Å². The summed E-state index contributed by atoms with van der Waals surface area (Å²) >= 11 is 0. The molecular formula is C12H22O3.